The van der Waals surface area contributed by atoms with Gasteiger partial charge >= 0.3 is 6.61 Å². The number of aryl methyl sites for hydroxylation is 1. The summed E-state index contributed by atoms with van der Waals surface area (Å²) in [6.45, 7) is 3.04. The highest BCUT2D eigenvalue weighted by molar-refractivity contribution is 9.10. The first-order chi connectivity index (χ1) is 6.59. The van der Waals surface area contributed by atoms with E-state index in [0.29, 0.717) is 4.47 Å². The highest BCUT2D eigenvalue weighted by Gasteiger charge is 2.07. The molecule has 0 N–H and O–H groups in total. The highest BCUT2D eigenvalue weighted by atomic mass is 79.9. The monoisotopic (exact) mass is 266 g/mol. The molecule has 0 saturated carbocycles. The Bertz CT molecular complexity index is 277. The van der Waals surface area contributed by atoms with Crippen molar-refractivity contribution in [1.29, 1.82) is 0 Å². The molecule has 4 heteroatoms. The number of ether oxygens (including phenoxy) is 1. The van der Waals surface area contributed by atoms with Crippen molar-refractivity contribution >= 4 is 15.9 Å². The van der Waals surface area contributed by atoms with Gasteiger partial charge in [0.1, 0.15) is 5.75 Å². The molecule has 0 saturated heterocycles. The van der Waals surface area contributed by atoms with E-state index in [1.165, 1.54) is 0 Å². The Balaban J connectivity index is 0.000000791. The Morgan fingerprint density at radius 2 is 1.86 bits per heavy atom. The summed E-state index contributed by atoms with van der Waals surface area (Å²) in [7, 11) is 0. The second-order valence-corrected chi connectivity index (χ2v) is 3.17. The number of benzene rings is 1. The van der Waals surface area contributed by atoms with Crippen LogP contribution in [0.3, 0.4) is 0 Å². The number of rotatable bonds is 2. The van der Waals surface area contributed by atoms with Gasteiger partial charge in [-0.25, -0.2) is 0 Å². The van der Waals surface area contributed by atoms with Crippen molar-refractivity contribution in [2.75, 3.05) is 0 Å². The fourth-order valence-corrected chi connectivity index (χ4v) is 1.14. The molecule has 0 atom stereocenters. The average molecular weight is 267 g/mol. The Hall–Kier alpha value is -0.640. The van der Waals surface area contributed by atoms with Crippen LogP contribution in [-0.4, -0.2) is 6.61 Å². The van der Waals surface area contributed by atoms with Crippen molar-refractivity contribution in [3.8, 4) is 5.75 Å². The summed E-state index contributed by atoms with van der Waals surface area (Å²) in [6, 6.07) is 5.03. The maximum absolute atomic E-state index is 11.8. The molecule has 1 aromatic rings. The van der Waals surface area contributed by atoms with E-state index in [0.717, 1.165) is 5.56 Å². The lowest BCUT2D eigenvalue weighted by molar-refractivity contribution is -0.0503. The predicted molar refractivity (Wildman–Crippen MR) is 56.9 cm³/mol. The van der Waals surface area contributed by atoms with Crippen LogP contribution in [0, 0.1) is 6.92 Å². The zero-order chi connectivity index (χ0) is 11.1. The number of alkyl halides is 2. The van der Waals surface area contributed by atoms with Gasteiger partial charge in [0.25, 0.3) is 0 Å². The molecule has 14 heavy (non-hydrogen) atoms. The van der Waals surface area contributed by atoms with E-state index in [1.807, 2.05) is 26.8 Å². The summed E-state index contributed by atoms with van der Waals surface area (Å²) in [5.74, 6) is 0.171. The third kappa shape index (κ3) is 4.56. The van der Waals surface area contributed by atoms with Crippen LogP contribution in [0.5, 0.6) is 5.75 Å². The minimum Gasteiger partial charge on any atom is -0.434 e. The molecule has 0 amide bonds. The van der Waals surface area contributed by atoms with Crippen molar-refractivity contribution in [3.05, 3.63) is 28.2 Å². The van der Waals surface area contributed by atoms with Gasteiger partial charge in [0.2, 0.25) is 0 Å². The van der Waals surface area contributed by atoms with Crippen LogP contribution in [0.25, 0.3) is 0 Å². The summed E-state index contributed by atoms with van der Waals surface area (Å²) in [5.41, 5.74) is 0.883. The Labute approximate surface area is 91.2 Å². The van der Waals surface area contributed by atoms with E-state index in [1.54, 1.807) is 12.1 Å². The van der Waals surface area contributed by atoms with Gasteiger partial charge in [0.15, 0.2) is 0 Å². The second kappa shape index (κ2) is 6.76. The van der Waals surface area contributed by atoms with E-state index in [9.17, 15) is 8.78 Å². The van der Waals surface area contributed by atoms with Gasteiger partial charge in [-0.05, 0) is 40.5 Å². The Morgan fingerprint density at radius 3 is 2.36 bits per heavy atom. The van der Waals surface area contributed by atoms with Gasteiger partial charge in [0.05, 0.1) is 4.47 Å². The summed E-state index contributed by atoms with van der Waals surface area (Å²) < 4.78 is 28.4. The van der Waals surface area contributed by atoms with Gasteiger partial charge < -0.3 is 4.74 Å². The van der Waals surface area contributed by atoms with Crippen LogP contribution in [0.4, 0.5) is 8.78 Å². The zero-order valence-electron chi connectivity index (χ0n) is 8.35. The van der Waals surface area contributed by atoms with Crippen LogP contribution >= 0.6 is 15.9 Å². The van der Waals surface area contributed by atoms with Gasteiger partial charge in [-0.1, -0.05) is 19.9 Å². The first-order valence-electron chi connectivity index (χ1n) is 4.30. The van der Waals surface area contributed by atoms with Gasteiger partial charge in [-0.15, -0.1) is 0 Å². The van der Waals surface area contributed by atoms with Crippen LogP contribution in [-0.2, 0) is 0 Å². The smallest absolute Gasteiger partial charge is 0.387 e. The molecular formula is C10H13BrF2O. The van der Waals surface area contributed by atoms with Crippen molar-refractivity contribution in [2.45, 2.75) is 27.4 Å². The summed E-state index contributed by atoms with van der Waals surface area (Å²) in [5, 5.41) is 0. The molecule has 0 heterocycles. The topological polar surface area (TPSA) is 9.23 Å². The molecule has 0 radical (unpaired) electrons. The minimum absolute atomic E-state index is 0.171. The Morgan fingerprint density at radius 1 is 1.29 bits per heavy atom. The number of hydrogen-bond acceptors (Lipinski definition) is 1. The highest BCUT2D eigenvalue weighted by Crippen LogP contribution is 2.26. The van der Waals surface area contributed by atoms with Crippen molar-refractivity contribution in [2.24, 2.45) is 0 Å². The fourth-order valence-electron chi connectivity index (χ4n) is 0.797. The van der Waals surface area contributed by atoms with E-state index in [4.69, 9.17) is 0 Å². The molecular weight excluding hydrogens is 254 g/mol. The molecule has 0 aliphatic heterocycles. The van der Waals surface area contributed by atoms with Crippen LogP contribution < -0.4 is 4.74 Å². The average Bonchev–Trinajstić information content (AvgIpc) is 2.14. The van der Waals surface area contributed by atoms with Gasteiger partial charge in [0, 0.05) is 0 Å². The molecule has 1 nitrogen and oxygen atoms in total. The molecule has 80 valence electrons. The molecule has 0 aliphatic rings. The van der Waals surface area contributed by atoms with Crippen molar-refractivity contribution < 1.29 is 13.5 Å². The van der Waals surface area contributed by atoms with Crippen LogP contribution in [0.1, 0.15) is 19.4 Å². The molecule has 0 aliphatic carbocycles. The lowest BCUT2D eigenvalue weighted by atomic mass is 10.2. The third-order valence-corrected chi connectivity index (χ3v) is 1.96. The Kier molecular flexibility index (Phi) is 6.45. The normalized spacial score (nSPS) is 9.36. The summed E-state index contributed by atoms with van der Waals surface area (Å²) in [4.78, 5) is 0. The molecule has 1 rings (SSSR count). The summed E-state index contributed by atoms with van der Waals surface area (Å²) >= 11 is 3.10. The van der Waals surface area contributed by atoms with E-state index < -0.39 is 6.61 Å². The largest absolute Gasteiger partial charge is 0.434 e. The second-order valence-electron chi connectivity index (χ2n) is 2.31. The number of hydrogen-bond donors (Lipinski definition) is 0. The van der Waals surface area contributed by atoms with Gasteiger partial charge in [-0.2, -0.15) is 8.78 Å². The predicted octanol–water partition coefficient (Wildman–Crippen LogP) is 4.39. The van der Waals surface area contributed by atoms with Crippen molar-refractivity contribution in [3.63, 3.8) is 0 Å². The van der Waals surface area contributed by atoms with Crippen LogP contribution in [0.15, 0.2) is 22.7 Å². The molecule has 0 aromatic heterocycles. The van der Waals surface area contributed by atoms with Crippen LogP contribution in [0.2, 0.25) is 0 Å². The lowest BCUT2D eigenvalue weighted by Gasteiger charge is -2.06. The van der Waals surface area contributed by atoms with Gasteiger partial charge in [-0.3, -0.25) is 0 Å². The first kappa shape index (κ1) is 13.4. The molecule has 0 unspecified atom stereocenters. The summed E-state index contributed by atoms with van der Waals surface area (Å²) in [6.07, 6.45) is 0. The molecule has 1 aromatic carbocycles. The standard InChI is InChI=1S/C8H7BrF2O.C2H6/c1-5-2-3-6(9)7(4-5)12-8(10)11;1-2/h2-4,8H,1H3;1-2H3. The fraction of sp³-hybridized carbons (Fsp3) is 0.400. The third-order valence-electron chi connectivity index (χ3n) is 1.30. The SMILES string of the molecule is CC.Cc1ccc(Br)c(OC(F)F)c1. The molecule has 0 bridgehead atoms. The van der Waals surface area contributed by atoms with E-state index in [-0.39, 0.29) is 5.75 Å². The maximum atomic E-state index is 11.8. The molecule has 0 fully saturated rings. The maximum Gasteiger partial charge on any atom is 0.387 e. The van der Waals surface area contributed by atoms with E-state index >= 15 is 0 Å². The van der Waals surface area contributed by atoms with Crippen molar-refractivity contribution in [1.82, 2.24) is 0 Å². The number of halogens is 3. The van der Waals surface area contributed by atoms with E-state index in [2.05, 4.69) is 20.7 Å². The zero-order valence-corrected chi connectivity index (χ0v) is 9.94. The minimum atomic E-state index is -2.77. The quantitative estimate of drug-likeness (QED) is 0.772. The lowest BCUT2D eigenvalue weighted by Crippen LogP contribution is -2.02. The molecule has 0 spiro atoms. The first-order valence-corrected chi connectivity index (χ1v) is 5.10.